The summed E-state index contributed by atoms with van der Waals surface area (Å²) in [7, 11) is 0. The number of hydrogen-bond acceptors (Lipinski definition) is 3. The topological polar surface area (TPSA) is 35.5 Å². The maximum absolute atomic E-state index is 10.9. The van der Waals surface area contributed by atoms with Gasteiger partial charge in [0.15, 0.2) is 0 Å². The van der Waals surface area contributed by atoms with E-state index in [1.54, 1.807) is 6.92 Å². The van der Waals surface area contributed by atoms with E-state index in [4.69, 9.17) is 9.78 Å². The van der Waals surface area contributed by atoms with E-state index >= 15 is 0 Å². The summed E-state index contributed by atoms with van der Waals surface area (Å²) in [4.78, 5) is 21.2. The summed E-state index contributed by atoms with van der Waals surface area (Å²) in [5, 5.41) is 0. The summed E-state index contributed by atoms with van der Waals surface area (Å²) >= 11 is 0. The van der Waals surface area contributed by atoms with Crippen molar-refractivity contribution in [2.24, 2.45) is 0 Å². The van der Waals surface area contributed by atoms with E-state index in [9.17, 15) is 4.79 Å². The Labute approximate surface area is 98.7 Å². The van der Waals surface area contributed by atoms with Gasteiger partial charge in [-0.2, -0.15) is 0 Å². The Morgan fingerprint density at radius 1 is 1.31 bits per heavy atom. The van der Waals surface area contributed by atoms with Crippen LogP contribution in [0.3, 0.4) is 0 Å². The Hall–Kier alpha value is -0.670. The van der Waals surface area contributed by atoms with Crippen molar-refractivity contribution in [1.29, 1.82) is 0 Å². The van der Waals surface area contributed by atoms with E-state index in [1.165, 1.54) is 0 Å². The van der Waals surface area contributed by atoms with Crippen LogP contribution in [0.1, 0.15) is 53.4 Å². The lowest BCUT2D eigenvalue weighted by molar-refractivity contribution is -0.352. The van der Waals surface area contributed by atoms with E-state index in [0.717, 1.165) is 19.3 Å². The highest BCUT2D eigenvalue weighted by molar-refractivity contribution is 5.76. The molecular formula is C13H24O3. The molecular weight excluding hydrogens is 204 g/mol. The van der Waals surface area contributed by atoms with Gasteiger partial charge in [0.2, 0.25) is 0 Å². The Balaban J connectivity index is 3.50. The molecule has 94 valence electrons. The fourth-order valence-electron chi connectivity index (χ4n) is 1.37. The molecule has 0 aromatic carbocycles. The lowest BCUT2D eigenvalue weighted by Crippen LogP contribution is -2.27. The Kier molecular flexibility index (Phi) is 8.12. The Morgan fingerprint density at radius 3 is 2.56 bits per heavy atom. The number of carbonyl (C=O) groups excluding carboxylic acids is 1. The van der Waals surface area contributed by atoms with Crippen LogP contribution in [-0.4, -0.2) is 18.0 Å². The number of hydrogen-bond donors (Lipinski definition) is 0. The van der Waals surface area contributed by atoms with Gasteiger partial charge < -0.3 is 0 Å². The molecule has 0 unspecified atom stereocenters. The van der Waals surface area contributed by atoms with Crippen LogP contribution in [0.15, 0.2) is 12.2 Å². The van der Waals surface area contributed by atoms with E-state index < -0.39 is 5.60 Å². The third kappa shape index (κ3) is 9.87. The largest absolute Gasteiger partial charge is 0.300 e. The van der Waals surface area contributed by atoms with Crippen LogP contribution < -0.4 is 0 Å². The molecule has 0 rings (SSSR count). The van der Waals surface area contributed by atoms with Crippen molar-refractivity contribution >= 4 is 5.78 Å². The van der Waals surface area contributed by atoms with Crippen molar-refractivity contribution < 1.29 is 14.6 Å². The molecule has 0 aromatic heterocycles. The predicted molar refractivity (Wildman–Crippen MR) is 65.1 cm³/mol. The monoisotopic (exact) mass is 228 g/mol. The Bertz CT molecular complexity index is 219. The maximum atomic E-state index is 10.9. The molecule has 0 fully saturated rings. The number of rotatable bonds is 9. The highest BCUT2D eigenvalue weighted by atomic mass is 17.2. The number of allylic oxidation sites excluding steroid dienone is 2. The maximum Gasteiger partial charge on any atom is 0.132 e. The van der Waals surface area contributed by atoms with Crippen molar-refractivity contribution in [2.75, 3.05) is 6.61 Å². The van der Waals surface area contributed by atoms with Crippen LogP contribution in [0, 0.1) is 0 Å². The molecule has 3 heteroatoms. The van der Waals surface area contributed by atoms with Gasteiger partial charge in [-0.25, -0.2) is 9.78 Å². The normalized spacial score (nSPS) is 12.2. The van der Waals surface area contributed by atoms with Gasteiger partial charge >= 0.3 is 0 Å². The van der Waals surface area contributed by atoms with Crippen LogP contribution in [0.25, 0.3) is 0 Å². The highest BCUT2D eigenvalue weighted by Crippen LogP contribution is 2.15. The molecule has 0 aliphatic carbocycles. The summed E-state index contributed by atoms with van der Waals surface area (Å²) < 4.78 is 0. The zero-order chi connectivity index (χ0) is 12.4. The van der Waals surface area contributed by atoms with E-state index in [1.807, 2.05) is 13.8 Å². The van der Waals surface area contributed by atoms with Gasteiger partial charge in [0.25, 0.3) is 0 Å². The second-order valence-electron chi connectivity index (χ2n) is 4.57. The highest BCUT2D eigenvalue weighted by Gasteiger charge is 2.21. The van der Waals surface area contributed by atoms with Gasteiger partial charge in [-0.1, -0.05) is 19.1 Å². The van der Waals surface area contributed by atoms with Crippen LogP contribution >= 0.6 is 0 Å². The number of Topliss-reactive ketones (excluding diaryl/α,β-unsaturated/α-hetero) is 1. The fourth-order valence-corrected chi connectivity index (χ4v) is 1.37. The van der Waals surface area contributed by atoms with E-state index in [0.29, 0.717) is 13.0 Å². The van der Waals surface area contributed by atoms with Crippen LogP contribution in [0.2, 0.25) is 0 Å². The van der Waals surface area contributed by atoms with Crippen LogP contribution in [-0.2, 0) is 14.6 Å². The molecule has 0 amide bonds. The molecule has 0 heterocycles. The Morgan fingerprint density at radius 2 is 2.00 bits per heavy atom. The molecule has 0 aromatic rings. The predicted octanol–water partition coefficient (Wildman–Crippen LogP) is 3.44. The van der Waals surface area contributed by atoms with Gasteiger partial charge in [0.1, 0.15) is 11.4 Å². The number of carbonyl (C=O) groups is 1. The first-order valence-corrected chi connectivity index (χ1v) is 5.93. The first-order valence-electron chi connectivity index (χ1n) is 5.93. The molecule has 0 saturated carbocycles. The molecule has 0 aliphatic heterocycles. The van der Waals surface area contributed by atoms with Crippen LogP contribution in [0.5, 0.6) is 0 Å². The molecule has 0 bridgehead atoms. The lowest BCUT2D eigenvalue weighted by Gasteiger charge is -2.21. The minimum atomic E-state index is -0.523. The van der Waals surface area contributed by atoms with E-state index in [2.05, 4.69) is 19.1 Å². The van der Waals surface area contributed by atoms with Crippen molar-refractivity contribution in [1.82, 2.24) is 0 Å². The third-order valence-corrected chi connectivity index (χ3v) is 1.96. The summed E-state index contributed by atoms with van der Waals surface area (Å²) in [6.45, 7) is 7.94. The number of ketones is 1. The van der Waals surface area contributed by atoms with Gasteiger partial charge in [-0.3, -0.25) is 4.79 Å². The first kappa shape index (κ1) is 15.3. The lowest BCUT2D eigenvalue weighted by atomic mass is 10.0. The quantitative estimate of drug-likeness (QED) is 0.262. The standard InChI is InChI=1S/C13H24O3/c1-5-6-7-8-9-10-15-16-13(3,4)11-12(2)14/h6-7H,5,8-11H2,1-4H3/b7-6+. The summed E-state index contributed by atoms with van der Waals surface area (Å²) in [5.41, 5.74) is -0.523. The minimum Gasteiger partial charge on any atom is -0.300 e. The summed E-state index contributed by atoms with van der Waals surface area (Å²) in [6, 6.07) is 0. The van der Waals surface area contributed by atoms with Crippen molar-refractivity contribution in [2.45, 2.75) is 59.0 Å². The fraction of sp³-hybridized carbons (Fsp3) is 0.769. The van der Waals surface area contributed by atoms with Crippen molar-refractivity contribution in [3.05, 3.63) is 12.2 Å². The second kappa shape index (κ2) is 8.48. The smallest absolute Gasteiger partial charge is 0.132 e. The summed E-state index contributed by atoms with van der Waals surface area (Å²) in [6.07, 6.45) is 7.67. The molecule has 0 N–H and O–H groups in total. The minimum absolute atomic E-state index is 0.111. The zero-order valence-corrected chi connectivity index (χ0v) is 10.9. The van der Waals surface area contributed by atoms with Gasteiger partial charge in [-0.05, 0) is 40.0 Å². The average molecular weight is 228 g/mol. The van der Waals surface area contributed by atoms with Crippen LogP contribution in [0.4, 0.5) is 0 Å². The molecule has 0 atom stereocenters. The molecule has 0 aliphatic rings. The first-order chi connectivity index (χ1) is 7.48. The van der Waals surface area contributed by atoms with Gasteiger partial charge in [0, 0.05) is 6.42 Å². The second-order valence-corrected chi connectivity index (χ2v) is 4.57. The molecule has 0 saturated heterocycles. The molecule has 16 heavy (non-hydrogen) atoms. The SMILES string of the molecule is CC/C=C/CCCOOC(C)(C)CC(C)=O. The number of unbranched alkanes of at least 4 members (excludes halogenated alkanes) is 1. The van der Waals surface area contributed by atoms with Crippen molar-refractivity contribution in [3.63, 3.8) is 0 Å². The summed E-state index contributed by atoms with van der Waals surface area (Å²) in [5.74, 6) is 0.111. The van der Waals surface area contributed by atoms with Crippen molar-refractivity contribution in [3.8, 4) is 0 Å². The van der Waals surface area contributed by atoms with Gasteiger partial charge in [0.05, 0.1) is 6.61 Å². The molecule has 0 radical (unpaired) electrons. The van der Waals surface area contributed by atoms with E-state index in [-0.39, 0.29) is 5.78 Å². The third-order valence-electron chi connectivity index (χ3n) is 1.96. The average Bonchev–Trinajstić information content (AvgIpc) is 2.14. The molecule has 3 nitrogen and oxygen atoms in total. The van der Waals surface area contributed by atoms with Gasteiger partial charge in [-0.15, -0.1) is 0 Å². The zero-order valence-electron chi connectivity index (χ0n) is 10.9. The molecule has 0 spiro atoms.